The highest BCUT2D eigenvalue weighted by molar-refractivity contribution is 7.15. The molecule has 7 nitrogen and oxygen atoms in total. The number of hydrogen-bond donors (Lipinski definition) is 0. The van der Waals surface area contributed by atoms with E-state index in [0.717, 1.165) is 5.56 Å². The summed E-state index contributed by atoms with van der Waals surface area (Å²) in [5.41, 5.74) is 1.17. The highest BCUT2D eigenvalue weighted by Crippen LogP contribution is 2.30. The number of aromatic nitrogens is 2. The van der Waals surface area contributed by atoms with Gasteiger partial charge < -0.3 is 14.2 Å². The van der Waals surface area contributed by atoms with Crippen LogP contribution in [0.1, 0.15) is 21.6 Å². The number of esters is 1. The van der Waals surface area contributed by atoms with E-state index in [4.69, 9.17) is 37.4 Å². The average molecular weight is 491 g/mol. The summed E-state index contributed by atoms with van der Waals surface area (Å²) in [4.78, 5) is 29.4. The van der Waals surface area contributed by atoms with Crippen LogP contribution in [0, 0.1) is 0 Å². The van der Waals surface area contributed by atoms with Crippen molar-refractivity contribution in [3.8, 4) is 11.5 Å². The van der Waals surface area contributed by atoms with Gasteiger partial charge in [0.1, 0.15) is 13.2 Å². The zero-order chi connectivity index (χ0) is 22.7. The van der Waals surface area contributed by atoms with Gasteiger partial charge in [-0.3, -0.25) is 9.20 Å². The number of ether oxygens (including phenoxy) is 3. The molecule has 0 atom stereocenters. The number of nitrogens with zero attached hydrogens (tertiary/aromatic N) is 2. The lowest BCUT2D eigenvalue weighted by atomic mass is 10.2. The Balaban J connectivity index is 1.44. The topological polar surface area (TPSA) is 79.1 Å². The predicted molar refractivity (Wildman–Crippen MR) is 122 cm³/mol. The van der Waals surface area contributed by atoms with E-state index < -0.39 is 5.97 Å². The molecule has 164 valence electrons. The molecule has 4 rings (SSSR count). The maximum absolute atomic E-state index is 12.5. The van der Waals surface area contributed by atoms with Crippen molar-refractivity contribution in [3.63, 3.8) is 0 Å². The fourth-order valence-electron chi connectivity index (χ4n) is 2.89. The molecule has 0 N–H and O–H groups in total. The van der Waals surface area contributed by atoms with Crippen LogP contribution in [0.15, 0.2) is 58.8 Å². The van der Waals surface area contributed by atoms with Gasteiger partial charge in [-0.25, -0.2) is 9.78 Å². The van der Waals surface area contributed by atoms with Crippen molar-refractivity contribution >= 4 is 45.5 Å². The zero-order valence-electron chi connectivity index (χ0n) is 16.7. The Hall–Kier alpha value is -3.07. The molecule has 0 fully saturated rings. The maximum atomic E-state index is 12.5. The molecule has 0 aliphatic heterocycles. The van der Waals surface area contributed by atoms with Crippen molar-refractivity contribution in [2.75, 3.05) is 7.11 Å². The lowest BCUT2D eigenvalue weighted by Crippen LogP contribution is -2.14. The van der Waals surface area contributed by atoms with Crippen LogP contribution >= 0.6 is 34.5 Å². The van der Waals surface area contributed by atoms with Crippen LogP contribution in [-0.2, 0) is 18.0 Å². The Kier molecular flexibility index (Phi) is 6.64. The van der Waals surface area contributed by atoms with Crippen molar-refractivity contribution in [1.29, 1.82) is 0 Å². The van der Waals surface area contributed by atoms with Gasteiger partial charge in [0.25, 0.3) is 5.56 Å². The molecule has 0 unspecified atom stereocenters. The number of rotatable bonds is 7. The molecule has 0 spiro atoms. The van der Waals surface area contributed by atoms with E-state index in [1.807, 2.05) is 0 Å². The van der Waals surface area contributed by atoms with Crippen molar-refractivity contribution in [2.24, 2.45) is 0 Å². The van der Waals surface area contributed by atoms with E-state index in [2.05, 4.69) is 4.98 Å². The zero-order valence-corrected chi connectivity index (χ0v) is 19.0. The van der Waals surface area contributed by atoms with Crippen molar-refractivity contribution in [3.05, 3.63) is 91.3 Å². The first-order chi connectivity index (χ1) is 15.4. The molecule has 10 heteroatoms. The number of thiazole rings is 1. The standard InChI is InChI=1S/C22H16Cl2N2O5S/c1-29-19-8-13(3-5-18(19)30-11-14-2-4-15(23)9-17(14)24)21(28)31-12-16-10-20(27)26-6-7-32-22(26)25-16/h2-10H,11-12H2,1H3. The molecule has 2 aromatic heterocycles. The van der Waals surface area contributed by atoms with Gasteiger partial charge in [-0.05, 0) is 30.3 Å². The quantitative estimate of drug-likeness (QED) is 0.339. The molecule has 32 heavy (non-hydrogen) atoms. The van der Waals surface area contributed by atoms with Crippen LogP contribution in [0.25, 0.3) is 4.96 Å². The second-order valence-corrected chi connectivity index (χ2v) is 8.32. The summed E-state index contributed by atoms with van der Waals surface area (Å²) in [6, 6.07) is 11.2. The van der Waals surface area contributed by atoms with Crippen LogP contribution in [0.2, 0.25) is 10.0 Å². The fraction of sp³-hybridized carbons (Fsp3) is 0.136. The summed E-state index contributed by atoms with van der Waals surface area (Å²) in [7, 11) is 1.47. The molecular weight excluding hydrogens is 475 g/mol. The third-order valence-electron chi connectivity index (χ3n) is 4.50. The summed E-state index contributed by atoms with van der Waals surface area (Å²) < 4.78 is 17.9. The van der Waals surface area contributed by atoms with Gasteiger partial charge in [0.15, 0.2) is 16.5 Å². The van der Waals surface area contributed by atoms with E-state index >= 15 is 0 Å². The summed E-state index contributed by atoms with van der Waals surface area (Å²) in [5, 5.41) is 2.79. The van der Waals surface area contributed by atoms with Crippen LogP contribution < -0.4 is 15.0 Å². The lowest BCUT2D eigenvalue weighted by molar-refractivity contribution is 0.0467. The van der Waals surface area contributed by atoms with Gasteiger partial charge in [-0.2, -0.15) is 0 Å². The molecule has 0 radical (unpaired) electrons. The Morgan fingerprint density at radius 2 is 1.94 bits per heavy atom. The molecule has 0 amide bonds. The summed E-state index contributed by atoms with van der Waals surface area (Å²) in [6.07, 6.45) is 1.64. The third-order valence-corrected chi connectivity index (χ3v) is 5.85. The fourth-order valence-corrected chi connectivity index (χ4v) is 4.09. The minimum Gasteiger partial charge on any atom is -0.493 e. The van der Waals surface area contributed by atoms with Gasteiger partial charge in [-0.1, -0.05) is 29.3 Å². The third kappa shape index (κ3) is 4.88. The lowest BCUT2D eigenvalue weighted by Gasteiger charge is -2.13. The van der Waals surface area contributed by atoms with Gasteiger partial charge >= 0.3 is 5.97 Å². The van der Waals surface area contributed by atoms with Gasteiger partial charge in [-0.15, -0.1) is 11.3 Å². The van der Waals surface area contributed by atoms with E-state index in [1.54, 1.807) is 41.9 Å². The predicted octanol–water partition coefficient (Wildman–Crippen LogP) is 5.01. The highest BCUT2D eigenvalue weighted by atomic mass is 35.5. The Morgan fingerprint density at radius 3 is 2.72 bits per heavy atom. The van der Waals surface area contributed by atoms with Crippen LogP contribution in [0.5, 0.6) is 11.5 Å². The van der Waals surface area contributed by atoms with Crippen molar-refractivity contribution in [1.82, 2.24) is 9.38 Å². The Morgan fingerprint density at radius 1 is 1.09 bits per heavy atom. The molecule has 2 aromatic carbocycles. The largest absolute Gasteiger partial charge is 0.493 e. The molecule has 0 aliphatic rings. The van der Waals surface area contributed by atoms with E-state index in [1.165, 1.54) is 35.0 Å². The molecule has 4 aromatic rings. The molecule has 0 saturated heterocycles. The minimum absolute atomic E-state index is 0.127. The Bertz CT molecular complexity index is 1350. The molecule has 0 saturated carbocycles. The first kappa shape index (κ1) is 22.1. The van der Waals surface area contributed by atoms with E-state index in [9.17, 15) is 9.59 Å². The van der Waals surface area contributed by atoms with Crippen LogP contribution in [-0.4, -0.2) is 22.5 Å². The number of carbonyl (C=O) groups is 1. The van der Waals surface area contributed by atoms with Gasteiger partial charge in [0.2, 0.25) is 0 Å². The molecular formula is C22H16Cl2N2O5S. The monoisotopic (exact) mass is 490 g/mol. The smallest absolute Gasteiger partial charge is 0.338 e. The van der Waals surface area contributed by atoms with E-state index in [-0.39, 0.29) is 24.3 Å². The number of halogens is 2. The number of carbonyl (C=O) groups excluding carboxylic acids is 1. The number of methoxy groups -OCH3 is 1. The second kappa shape index (κ2) is 9.60. The second-order valence-electron chi connectivity index (χ2n) is 6.61. The molecule has 0 bridgehead atoms. The van der Waals surface area contributed by atoms with Crippen LogP contribution in [0.3, 0.4) is 0 Å². The minimum atomic E-state index is -0.580. The van der Waals surface area contributed by atoms with Crippen molar-refractivity contribution < 1.29 is 19.0 Å². The average Bonchev–Trinajstić information content (AvgIpc) is 3.26. The maximum Gasteiger partial charge on any atom is 0.338 e. The first-order valence-corrected chi connectivity index (χ1v) is 11.0. The molecule has 2 heterocycles. The number of hydrogen-bond acceptors (Lipinski definition) is 7. The Labute approximate surface area is 196 Å². The molecule has 0 aliphatic carbocycles. The summed E-state index contributed by atoms with van der Waals surface area (Å²) >= 11 is 13.4. The SMILES string of the molecule is COc1cc(C(=O)OCc2cc(=O)n3ccsc3n2)ccc1OCc1ccc(Cl)cc1Cl. The number of fused-ring (bicyclic) bond motifs is 1. The van der Waals surface area contributed by atoms with Crippen molar-refractivity contribution in [2.45, 2.75) is 13.2 Å². The van der Waals surface area contributed by atoms with Gasteiger partial charge in [0, 0.05) is 33.3 Å². The van der Waals surface area contributed by atoms with E-state index in [0.29, 0.717) is 32.2 Å². The van der Waals surface area contributed by atoms with Crippen LogP contribution in [0.4, 0.5) is 0 Å². The van der Waals surface area contributed by atoms with Gasteiger partial charge in [0.05, 0.1) is 18.4 Å². The summed E-state index contributed by atoms with van der Waals surface area (Å²) in [6.45, 7) is 0.0701. The number of benzene rings is 2. The normalized spacial score (nSPS) is 10.8. The first-order valence-electron chi connectivity index (χ1n) is 9.32. The summed E-state index contributed by atoms with van der Waals surface area (Å²) in [5.74, 6) is 0.220. The highest BCUT2D eigenvalue weighted by Gasteiger charge is 2.14.